The van der Waals surface area contributed by atoms with Gasteiger partial charge in [-0.2, -0.15) is 5.10 Å². The number of methoxy groups -OCH3 is 1. The van der Waals surface area contributed by atoms with Crippen LogP contribution in [0.3, 0.4) is 0 Å². The number of likely N-dealkylation sites (N-methyl/N-ethyl adjacent to an activating group) is 1. The molecule has 3 rings (SSSR count). The maximum Gasteiger partial charge on any atom is 0.260 e. The second kappa shape index (κ2) is 8.28. The molecule has 1 heterocycles. The van der Waals surface area contributed by atoms with Gasteiger partial charge in [0.2, 0.25) is 0 Å². The number of aromatic amines is 1. The third-order valence-corrected chi connectivity index (χ3v) is 4.22. The third-order valence-electron chi connectivity index (χ3n) is 3.98. The second-order valence-corrected chi connectivity index (χ2v) is 6.67. The van der Waals surface area contributed by atoms with Crippen LogP contribution in [0, 0.1) is 0 Å². The van der Waals surface area contributed by atoms with Crippen molar-refractivity contribution >= 4 is 34.2 Å². The van der Waals surface area contributed by atoms with Crippen LogP contribution < -0.4 is 14.8 Å². The number of ether oxygens (including phenoxy) is 2. The molecule has 0 bridgehead atoms. The number of nitrogens with one attached hydrogen (secondary N) is 2. The molecule has 27 heavy (non-hydrogen) atoms. The van der Waals surface area contributed by atoms with E-state index in [1.807, 2.05) is 37.2 Å². The molecule has 3 aromatic rings. The predicted molar refractivity (Wildman–Crippen MR) is 106 cm³/mol. The molecular weight excluding hydrogens is 368 g/mol. The minimum atomic E-state index is -0.346. The number of hydrogen-bond donors (Lipinski definition) is 2. The number of halogens is 1. The van der Waals surface area contributed by atoms with Gasteiger partial charge in [0.1, 0.15) is 18.1 Å². The zero-order valence-electron chi connectivity index (χ0n) is 15.4. The number of hydrogen-bond acceptors (Lipinski definition) is 5. The topological polar surface area (TPSA) is 79.5 Å². The number of rotatable bonds is 7. The van der Waals surface area contributed by atoms with E-state index in [1.165, 1.54) is 0 Å². The van der Waals surface area contributed by atoms with Gasteiger partial charge in [-0.25, -0.2) is 0 Å². The summed E-state index contributed by atoms with van der Waals surface area (Å²) in [6.45, 7) is 1.19. The van der Waals surface area contributed by atoms with Gasteiger partial charge in [0.05, 0.1) is 18.2 Å². The first-order valence-corrected chi connectivity index (χ1v) is 8.76. The minimum Gasteiger partial charge on any atom is -0.497 e. The van der Waals surface area contributed by atoms with Gasteiger partial charge in [-0.15, -0.1) is 0 Å². The number of amides is 1. The Morgan fingerprint density at radius 2 is 2.07 bits per heavy atom. The first-order valence-electron chi connectivity index (χ1n) is 8.38. The van der Waals surface area contributed by atoms with Crippen molar-refractivity contribution in [2.45, 2.75) is 0 Å². The van der Waals surface area contributed by atoms with E-state index in [9.17, 15) is 4.79 Å². The lowest BCUT2D eigenvalue weighted by Crippen LogP contribution is -2.21. The van der Waals surface area contributed by atoms with Crippen LogP contribution in [0.1, 0.15) is 10.4 Å². The molecule has 7 nitrogen and oxygen atoms in total. The summed E-state index contributed by atoms with van der Waals surface area (Å²) in [6.07, 6.45) is 0. The summed E-state index contributed by atoms with van der Waals surface area (Å²) in [5, 5.41) is 11.1. The quantitative estimate of drug-likeness (QED) is 0.648. The van der Waals surface area contributed by atoms with Crippen molar-refractivity contribution in [1.82, 2.24) is 15.1 Å². The van der Waals surface area contributed by atoms with Crippen molar-refractivity contribution in [3.8, 4) is 11.5 Å². The average molecular weight is 389 g/mol. The van der Waals surface area contributed by atoms with Gasteiger partial charge in [0.15, 0.2) is 5.82 Å². The van der Waals surface area contributed by atoms with E-state index in [0.29, 0.717) is 34.5 Å². The van der Waals surface area contributed by atoms with Gasteiger partial charge in [-0.3, -0.25) is 9.89 Å². The smallest absolute Gasteiger partial charge is 0.260 e. The van der Waals surface area contributed by atoms with Crippen molar-refractivity contribution in [3.63, 3.8) is 0 Å². The first-order chi connectivity index (χ1) is 13.0. The highest BCUT2D eigenvalue weighted by atomic mass is 35.5. The molecule has 1 aromatic heterocycles. The normalized spacial score (nSPS) is 11.0. The summed E-state index contributed by atoms with van der Waals surface area (Å²) in [5.74, 6) is 1.26. The number of anilines is 1. The lowest BCUT2D eigenvalue weighted by atomic mass is 10.1. The fourth-order valence-electron chi connectivity index (χ4n) is 2.54. The third kappa shape index (κ3) is 4.50. The number of aromatic nitrogens is 2. The van der Waals surface area contributed by atoms with Crippen LogP contribution in [-0.2, 0) is 0 Å². The van der Waals surface area contributed by atoms with E-state index >= 15 is 0 Å². The highest BCUT2D eigenvalue weighted by molar-refractivity contribution is 6.31. The minimum absolute atomic E-state index is 0.346. The van der Waals surface area contributed by atoms with E-state index in [0.717, 1.165) is 17.4 Å². The van der Waals surface area contributed by atoms with Crippen molar-refractivity contribution < 1.29 is 14.3 Å². The lowest BCUT2D eigenvalue weighted by Gasteiger charge is -2.14. The fraction of sp³-hybridized carbons (Fsp3) is 0.263. The molecule has 0 spiro atoms. The highest BCUT2D eigenvalue weighted by Crippen LogP contribution is 2.27. The molecule has 0 saturated carbocycles. The SMILES string of the molecule is COc1ccc2c(NC(=O)c3cc(Cl)ccc3OCCN(C)C)n[nH]c2c1. The Kier molecular flexibility index (Phi) is 5.83. The molecule has 0 atom stereocenters. The van der Waals surface area contributed by atoms with E-state index in [1.54, 1.807) is 25.3 Å². The fourth-order valence-corrected chi connectivity index (χ4v) is 2.71. The molecule has 0 aliphatic carbocycles. The number of H-pyrrole nitrogens is 1. The zero-order valence-corrected chi connectivity index (χ0v) is 16.1. The van der Waals surface area contributed by atoms with Crippen LogP contribution >= 0.6 is 11.6 Å². The number of carbonyl (C=O) groups excluding carboxylic acids is 1. The number of carbonyl (C=O) groups is 1. The van der Waals surface area contributed by atoms with E-state index in [4.69, 9.17) is 21.1 Å². The van der Waals surface area contributed by atoms with Gasteiger partial charge >= 0.3 is 0 Å². The van der Waals surface area contributed by atoms with Crippen molar-refractivity contribution in [1.29, 1.82) is 0 Å². The number of benzene rings is 2. The van der Waals surface area contributed by atoms with Gasteiger partial charge in [0, 0.05) is 23.0 Å². The van der Waals surface area contributed by atoms with Crippen molar-refractivity contribution in [2.24, 2.45) is 0 Å². The summed E-state index contributed by atoms with van der Waals surface area (Å²) in [4.78, 5) is 14.8. The summed E-state index contributed by atoms with van der Waals surface area (Å²) in [5.41, 5.74) is 1.11. The summed E-state index contributed by atoms with van der Waals surface area (Å²) >= 11 is 6.08. The lowest BCUT2D eigenvalue weighted by molar-refractivity contribution is 0.102. The molecule has 0 saturated heterocycles. The first kappa shape index (κ1) is 19.0. The molecule has 0 fully saturated rings. The summed E-state index contributed by atoms with van der Waals surface area (Å²) < 4.78 is 11.0. The Morgan fingerprint density at radius 3 is 2.81 bits per heavy atom. The van der Waals surface area contributed by atoms with Crippen LogP contribution in [0.15, 0.2) is 36.4 Å². The van der Waals surface area contributed by atoms with Crippen LogP contribution in [0.2, 0.25) is 5.02 Å². The number of nitrogens with zero attached hydrogens (tertiary/aromatic N) is 2. The molecule has 1 amide bonds. The monoisotopic (exact) mass is 388 g/mol. The maximum absolute atomic E-state index is 12.8. The van der Waals surface area contributed by atoms with Crippen molar-refractivity contribution in [2.75, 3.05) is 39.7 Å². The zero-order chi connectivity index (χ0) is 19.4. The second-order valence-electron chi connectivity index (χ2n) is 6.23. The molecule has 2 N–H and O–H groups in total. The van der Waals surface area contributed by atoms with Crippen LogP contribution in [0.5, 0.6) is 11.5 Å². The molecule has 142 valence electrons. The van der Waals surface area contributed by atoms with E-state index in [2.05, 4.69) is 15.5 Å². The van der Waals surface area contributed by atoms with Crippen LogP contribution in [-0.4, -0.2) is 55.4 Å². The maximum atomic E-state index is 12.8. The molecule has 8 heteroatoms. The summed E-state index contributed by atoms with van der Waals surface area (Å²) in [6, 6.07) is 10.4. The van der Waals surface area contributed by atoms with Gasteiger partial charge < -0.3 is 19.7 Å². The van der Waals surface area contributed by atoms with Gasteiger partial charge in [-0.05, 0) is 44.4 Å². The summed E-state index contributed by atoms with van der Waals surface area (Å²) in [7, 11) is 5.50. The largest absolute Gasteiger partial charge is 0.497 e. The standard InChI is InChI=1S/C19H21ClN4O3/c1-24(2)8-9-27-17-7-4-12(20)10-15(17)19(25)21-18-14-6-5-13(26-3)11-16(14)22-23-18/h4-7,10-11H,8-9H2,1-3H3,(H2,21,22,23,25). The molecular formula is C19H21ClN4O3. The van der Waals surface area contributed by atoms with Crippen LogP contribution in [0.4, 0.5) is 5.82 Å². The van der Waals surface area contributed by atoms with Crippen molar-refractivity contribution in [3.05, 3.63) is 47.0 Å². The molecule has 0 aliphatic rings. The highest BCUT2D eigenvalue weighted by Gasteiger charge is 2.17. The van der Waals surface area contributed by atoms with E-state index in [-0.39, 0.29) is 5.91 Å². The Balaban J connectivity index is 1.82. The van der Waals surface area contributed by atoms with Crippen LogP contribution in [0.25, 0.3) is 10.9 Å². The molecule has 0 radical (unpaired) electrons. The van der Waals surface area contributed by atoms with E-state index < -0.39 is 0 Å². The predicted octanol–water partition coefficient (Wildman–Crippen LogP) is 3.42. The average Bonchev–Trinajstić information content (AvgIpc) is 3.04. The number of fused-ring (bicyclic) bond motifs is 1. The Hall–Kier alpha value is -2.77. The molecule has 0 aliphatic heterocycles. The molecule has 2 aromatic carbocycles. The molecule has 0 unspecified atom stereocenters. The Labute approximate surface area is 162 Å². The Bertz CT molecular complexity index is 955. The Morgan fingerprint density at radius 1 is 1.26 bits per heavy atom. The van der Waals surface area contributed by atoms with Gasteiger partial charge in [0.25, 0.3) is 5.91 Å². The van der Waals surface area contributed by atoms with Gasteiger partial charge in [-0.1, -0.05) is 11.6 Å².